The molecule has 0 saturated carbocycles. The number of carbonyl (C=O) groups excluding carboxylic acids is 1. The summed E-state index contributed by atoms with van der Waals surface area (Å²) in [7, 11) is 3.79. The van der Waals surface area contributed by atoms with Crippen molar-refractivity contribution < 1.29 is 14.3 Å². The van der Waals surface area contributed by atoms with Crippen molar-refractivity contribution in [2.45, 2.75) is 37.6 Å². The number of fused-ring (bicyclic) bond motifs is 2. The third-order valence-corrected chi connectivity index (χ3v) is 7.17. The van der Waals surface area contributed by atoms with Crippen molar-refractivity contribution in [1.82, 2.24) is 24.3 Å². The van der Waals surface area contributed by atoms with Crippen LogP contribution in [0.3, 0.4) is 0 Å². The summed E-state index contributed by atoms with van der Waals surface area (Å²) in [5, 5.41) is 0. The Bertz CT molecular complexity index is 927. The molecule has 2 aromatic rings. The van der Waals surface area contributed by atoms with Crippen molar-refractivity contribution in [3.63, 3.8) is 0 Å². The van der Waals surface area contributed by atoms with E-state index in [4.69, 9.17) is 9.47 Å². The summed E-state index contributed by atoms with van der Waals surface area (Å²) in [4.78, 5) is 24.6. The number of nitrogens with zero attached hydrogens (tertiary/aromatic N) is 5. The Morgan fingerprint density at radius 2 is 1.84 bits per heavy atom. The van der Waals surface area contributed by atoms with Gasteiger partial charge in [-0.1, -0.05) is 12.1 Å². The number of benzene rings is 1. The number of likely N-dealkylation sites (N-methyl/N-ethyl adjacent to an activating group) is 1. The second-order valence-electron chi connectivity index (χ2n) is 9.26. The molecule has 0 aliphatic carbocycles. The van der Waals surface area contributed by atoms with Gasteiger partial charge in [-0.3, -0.25) is 9.69 Å². The highest BCUT2D eigenvalue weighted by molar-refractivity contribution is 5.81. The number of carbonyl (C=O) groups is 1. The molecule has 8 heteroatoms. The van der Waals surface area contributed by atoms with E-state index in [0.29, 0.717) is 6.54 Å². The number of likely N-dealkylation sites (tertiary alicyclic amines) is 1. The molecule has 1 aromatic heterocycles. The first-order valence-corrected chi connectivity index (χ1v) is 11.6. The molecule has 2 saturated heterocycles. The fourth-order valence-corrected chi connectivity index (χ4v) is 5.16. The minimum absolute atomic E-state index is 0.123. The van der Waals surface area contributed by atoms with E-state index in [0.717, 1.165) is 70.2 Å². The molecule has 4 heterocycles. The third kappa shape index (κ3) is 4.14. The van der Waals surface area contributed by atoms with Crippen molar-refractivity contribution in [3.05, 3.63) is 48.0 Å². The number of rotatable bonds is 4. The monoisotopic (exact) mass is 439 g/mol. The second kappa shape index (κ2) is 8.84. The van der Waals surface area contributed by atoms with Crippen molar-refractivity contribution in [1.29, 1.82) is 0 Å². The van der Waals surface area contributed by atoms with Gasteiger partial charge in [0.1, 0.15) is 17.2 Å². The average Bonchev–Trinajstić information content (AvgIpc) is 3.31. The van der Waals surface area contributed by atoms with Crippen molar-refractivity contribution in [2.24, 2.45) is 0 Å². The fourth-order valence-electron chi connectivity index (χ4n) is 5.16. The zero-order valence-corrected chi connectivity index (χ0v) is 19.1. The van der Waals surface area contributed by atoms with Crippen LogP contribution in [-0.2, 0) is 28.2 Å². The molecule has 0 radical (unpaired) electrons. The van der Waals surface area contributed by atoms with Crippen LogP contribution in [0.25, 0.3) is 0 Å². The summed E-state index contributed by atoms with van der Waals surface area (Å²) in [6.45, 7) is 6.66. The molecule has 1 spiro atoms. The molecule has 3 aliphatic heterocycles. The van der Waals surface area contributed by atoms with Gasteiger partial charge in [0, 0.05) is 58.2 Å². The van der Waals surface area contributed by atoms with Crippen LogP contribution in [0, 0.1) is 0 Å². The van der Waals surface area contributed by atoms with Gasteiger partial charge in [-0.15, -0.1) is 0 Å². The second-order valence-corrected chi connectivity index (χ2v) is 9.26. The lowest BCUT2D eigenvalue weighted by atomic mass is 9.88. The van der Waals surface area contributed by atoms with Gasteiger partial charge in [0.2, 0.25) is 0 Å². The van der Waals surface area contributed by atoms with E-state index in [1.165, 1.54) is 5.56 Å². The van der Waals surface area contributed by atoms with Crippen LogP contribution < -0.4 is 4.74 Å². The van der Waals surface area contributed by atoms with Gasteiger partial charge in [0.15, 0.2) is 6.10 Å². The minimum atomic E-state index is -0.481. The number of hydrogen-bond acceptors (Lipinski definition) is 6. The maximum atomic E-state index is 13.3. The number of ether oxygens (including phenoxy) is 2. The molecule has 3 aliphatic rings. The summed E-state index contributed by atoms with van der Waals surface area (Å²) < 4.78 is 14.0. The van der Waals surface area contributed by atoms with Crippen molar-refractivity contribution in [2.75, 3.05) is 53.4 Å². The van der Waals surface area contributed by atoms with E-state index in [-0.39, 0.29) is 5.91 Å². The number of piperidine rings is 1. The fraction of sp³-hybridized carbons (Fsp3) is 0.583. The lowest BCUT2D eigenvalue weighted by Crippen LogP contribution is -2.56. The van der Waals surface area contributed by atoms with Crippen LogP contribution in [0.5, 0.6) is 5.75 Å². The molecule has 32 heavy (non-hydrogen) atoms. The number of methoxy groups -OCH3 is 1. The largest absolute Gasteiger partial charge is 0.497 e. The highest BCUT2D eigenvalue weighted by Crippen LogP contribution is 2.40. The van der Waals surface area contributed by atoms with Gasteiger partial charge >= 0.3 is 0 Å². The maximum Gasteiger partial charge on any atom is 0.253 e. The molecule has 0 bridgehead atoms. The predicted octanol–water partition coefficient (Wildman–Crippen LogP) is 1.56. The molecule has 8 nitrogen and oxygen atoms in total. The van der Waals surface area contributed by atoms with Crippen molar-refractivity contribution in [3.8, 4) is 5.75 Å². The Balaban J connectivity index is 1.27. The molecule has 2 fully saturated rings. The van der Waals surface area contributed by atoms with Gasteiger partial charge in [-0.25, -0.2) is 4.98 Å². The van der Waals surface area contributed by atoms with Crippen molar-refractivity contribution >= 4 is 5.91 Å². The SMILES string of the molecule is COc1ccc(CN2CCC3(CC2)OC(C(=O)N2CCN(C)CC2)Cn2ccnc23)cc1. The standard InChI is InChI=1S/C24H33N5O3/c1-26-13-15-28(16-14-26)22(30)21-18-29-12-9-25-23(29)24(32-21)7-10-27(11-8-24)17-19-3-5-20(31-2)6-4-19/h3-6,9,12,21H,7-8,10-11,13-18H2,1-2H3. The molecular formula is C24H33N5O3. The number of amides is 1. The quantitative estimate of drug-likeness (QED) is 0.721. The van der Waals surface area contributed by atoms with E-state index < -0.39 is 11.7 Å². The lowest BCUT2D eigenvalue weighted by molar-refractivity contribution is -0.182. The first-order valence-electron chi connectivity index (χ1n) is 11.6. The molecule has 1 unspecified atom stereocenters. The number of piperazine rings is 1. The summed E-state index contributed by atoms with van der Waals surface area (Å²) in [5.74, 6) is 1.98. The van der Waals surface area contributed by atoms with Gasteiger partial charge < -0.3 is 23.8 Å². The molecule has 172 valence electrons. The van der Waals surface area contributed by atoms with Gasteiger partial charge in [0.05, 0.1) is 13.7 Å². The molecule has 1 amide bonds. The number of aromatic nitrogens is 2. The average molecular weight is 440 g/mol. The number of hydrogen-bond donors (Lipinski definition) is 0. The van der Waals surface area contributed by atoms with Crippen LogP contribution >= 0.6 is 0 Å². The summed E-state index contributed by atoms with van der Waals surface area (Å²) in [6, 6.07) is 8.27. The molecule has 5 rings (SSSR count). The van der Waals surface area contributed by atoms with E-state index in [1.54, 1.807) is 7.11 Å². The van der Waals surface area contributed by atoms with Crippen LogP contribution in [-0.4, -0.2) is 89.7 Å². The van der Waals surface area contributed by atoms with Crippen LogP contribution in [0.15, 0.2) is 36.7 Å². The molecule has 0 N–H and O–H groups in total. The highest BCUT2D eigenvalue weighted by Gasteiger charge is 2.47. The summed E-state index contributed by atoms with van der Waals surface area (Å²) in [5.41, 5.74) is 0.793. The van der Waals surface area contributed by atoms with E-state index in [2.05, 4.69) is 38.5 Å². The summed E-state index contributed by atoms with van der Waals surface area (Å²) >= 11 is 0. The predicted molar refractivity (Wildman–Crippen MR) is 120 cm³/mol. The minimum Gasteiger partial charge on any atom is -0.497 e. The zero-order valence-electron chi connectivity index (χ0n) is 19.1. The zero-order chi connectivity index (χ0) is 22.1. The lowest BCUT2D eigenvalue weighted by Gasteiger charge is -2.46. The first kappa shape index (κ1) is 21.4. The smallest absolute Gasteiger partial charge is 0.253 e. The Morgan fingerprint density at radius 1 is 1.12 bits per heavy atom. The van der Waals surface area contributed by atoms with E-state index in [1.807, 2.05) is 29.4 Å². The Kier molecular flexibility index (Phi) is 5.92. The van der Waals surface area contributed by atoms with Crippen LogP contribution in [0.2, 0.25) is 0 Å². The van der Waals surface area contributed by atoms with Crippen LogP contribution in [0.1, 0.15) is 24.2 Å². The molecular weight excluding hydrogens is 406 g/mol. The van der Waals surface area contributed by atoms with E-state index in [9.17, 15) is 4.79 Å². The maximum absolute atomic E-state index is 13.3. The Labute approximate surface area is 189 Å². The first-order chi connectivity index (χ1) is 15.6. The summed E-state index contributed by atoms with van der Waals surface area (Å²) in [6.07, 6.45) is 5.08. The Morgan fingerprint density at radius 3 is 2.53 bits per heavy atom. The molecule has 1 aromatic carbocycles. The molecule has 1 atom stereocenters. The Hall–Kier alpha value is -2.42. The van der Waals surface area contributed by atoms with Gasteiger partial charge in [-0.2, -0.15) is 0 Å². The van der Waals surface area contributed by atoms with E-state index >= 15 is 0 Å². The van der Waals surface area contributed by atoms with Gasteiger partial charge in [0.25, 0.3) is 5.91 Å². The number of imidazole rings is 1. The highest BCUT2D eigenvalue weighted by atomic mass is 16.5. The van der Waals surface area contributed by atoms with Crippen LogP contribution in [0.4, 0.5) is 0 Å². The third-order valence-electron chi connectivity index (χ3n) is 7.17. The normalized spacial score (nSPS) is 23.8. The topological polar surface area (TPSA) is 63.1 Å². The van der Waals surface area contributed by atoms with Gasteiger partial charge in [-0.05, 0) is 37.6 Å².